The molecule has 0 radical (unpaired) electrons. The van der Waals surface area contributed by atoms with E-state index in [1.54, 1.807) is 0 Å². The Morgan fingerprint density at radius 2 is 2.00 bits per heavy atom. The molecule has 1 aromatic heterocycles. The molecule has 1 heterocycles. The molecule has 0 spiro atoms. The van der Waals surface area contributed by atoms with Crippen molar-refractivity contribution in [1.29, 1.82) is 0 Å². The van der Waals surface area contributed by atoms with Gasteiger partial charge < -0.3 is 10.6 Å². The number of aromatic nitrogens is 1. The quantitative estimate of drug-likeness (QED) is 0.852. The summed E-state index contributed by atoms with van der Waals surface area (Å²) in [6.07, 6.45) is 4.65. The Morgan fingerprint density at radius 1 is 1.14 bits per heavy atom. The molecule has 3 nitrogen and oxygen atoms in total. The van der Waals surface area contributed by atoms with Crippen LogP contribution in [0.4, 0.5) is 11.5 Å². The van der Waals surface area contributed by atoms with Crippen LogP contribution in [-0.4, -0.2) is 11.5 Å². The Bertz CT molecular complexity index is 622. The molecule has 0 unspecified atom stereocenters. The molecule has 110 valence electrons. The lowest BCUT2D eigenvalue weighted by Crippen LogP contribution is -2.25. The molecule has 1 aliphatic rings. The van der Waals surface area contributed by atoms with Gasteiger partial charge in [-0.2, -0.15) is 0 Å². The molecular formula is C18H23N3. The molecule has 21 heavy (non-hydrogen) atoms. The molecule has 1 aromatic carbocycles. The highest BCUT2D eigenvalue weighted by atomic mass is 15.2. The van der Waals surface area contributed by atoms with Gasteiger partial charge in [0, 0.05) is 24.5 Å². The summed E-state index contributed by atoms with van der Waals surface area (Å²) < 4.78 is 0. The van der Waals surface area contributed by atoms with Crippen LogP contribution in [0.2, 0.25) is 0 Å². The summed E-state index contributed by atoms with van der Waals surface area (Å²) in [6, 6.07) is 12.5. The SMILES string of the molecule is CCCN(Cc1ccccc1N)c1ccc2c(n1)CCC2. The highest BCUT2D eigenvalue weighted by Crippen LogP contribution is 2.25. The van der Waals surface area contributed by atoms with Crippen molar-refractivity contribution >= 4 is 11.5 Å². The van der Waals surface area contributed by atoms with Gasteiger partial charge in [0.15, 0.2) is 0 Å². The fourth-order valence-electron chi connectivity index (χ4n) is 3.01. The van der Waals surface area contributed by atoms with Crippen LogP contribution in [0.25, 0.3) is 0 Å². The maximum Gasteiger partial charge on any atom is 0.129 e. The second-order valence-electron chi connectivity index (χ2n) is 5.75. The third-order valence-corrected chi connectivity index (χ3v) is 4.15. The first-order valence-corrected chi connectivity index (χ1v) is 7.85. The van der Waals surface area contributed by atoms with Gasteiger partial charge in [-0.1, -0.05) is 31.2 Å². The monoisotopic (exact) mass is 281 g/mol. The Labute approximate surface area is 126 Å². The molecule has 0 atom stereocenters. The average Bonchev–Trinajstić information content (AvgIpc) is 2.96. The number of hydrogen-bond acceptors (Lipinski definition) is 3. The van der Waals surface area contributed by atoms with Crippen molar-refractivity contribution in [3.63, 3.8) is 0 Å². The predicted molar refractivity (Wildman–Crippen MR) is 88.5 cm³/mol. The van der Waals surface area contributed by atoms with Crippen LogP contribution in [-0.2, 0) is 19.4 Å². The zero-order valence-corrected chi connectivity index (χ0v) is 12.7. The zero-order chi connectivity index (χ0) is 14.7. The summed E-state index contributed by atoms with van der Waals surface area (Å²) in [6.45, 7) is 4.03. The Hall–Kier alpha value is -2.03. The predicted octanol–water partition coefficient (Wildman–Crippen LogP) is 3.57. The molecule has 0 fully saturated rings. The minimum atomic E-state index is 0.826. The molecule has 2 N–H and O–H groups in total. The number of para-hydroxylation sites is 1. The van der Waals surface area contributed by atoms with Gasteiger partial charge in [-0.05, 0) is 48.9 Å². The van der Waals surface area contributed by atoms with Crippen molar-refractivity contribution in [3.8, 4) is 0 Å². The van der Waals surface area contributed by atoms with Crippen LogP contribution in [0.5, 0.6) is 0 Å². The van der Waals surface area contributed by atoms with E-state index in [-0.39, 0.29) is 0 Å². The second-order valence-corrected chi connectivity index (χ2v) is 5.75. The lowest BCUT2D eigenvalue weighted by molar-refractivity contribution is 0.752. The molecule has 0 saturated heterocycles. The summed E-state index contributed by atoms with van der Waals surface area (Å²) in [5.41, 5.74) is 10.8. The van der Waals surface area contributed by atoms with Gasteiger partial charge in [-0.25, -0.2) is 4.98 Å². The number of nitrogens with two attached hydrogens (primary N) is 1. The normalized spacial score (nSPS) is 13.2. The lowest BCUT2D eigenvalue weighted by Gasteiger charge is -2.24. The first-order valence-electron chi connectivity index (χ1n) is 7.85. The number of aryl methyl sites for hydroxylation is 2. The number of benzene rings is 1. The number of fused-ring (bicyclic) bond motifs is 1. The molecule has 0 aliphatic heterocycles. The van der Waals surface area contributed by atoms with E-state index in [1.165, 1.54) is 29.7 Å². The summed E-state index contributed by atoms with van der Waals surface area (Å²) in [4.78, 5) is 7.22. The highest BCUT2D eigenvalue weighted by Gasteiger charge is 2.15. The number of hydrogen-bond donors (Lipinski definition) is 1. The Morgan fingerprint density at radius 3 is 2.81 bits per heavy atom. The third-order valence-electron chi connectivity index (χ3n) is 4.15. The van der Waals surface area contributed by atoms with E-state index in [1.807, 2.05) is 18.2 Å². The average molecular weight is 281 g/mol. The van der Waals surface area contributed by atoms with Crippen molar-refractivity contribution in [1.82, 2.24) is 4.98 Å². The van der Waals surface area contributed by atoms with Crippen LogP contribution < -0.4 is 10.6 Å². The van der Waals surface area contributed by atoms with Crippen molar-refractivity contribution in [2.45, 2.75) is 39.2 Å². The van der Waals surface area contributed by atoms with E-state index in [9.17, 15) is 0 Å². The number of anilines is 2. The largest absolute Gasteiger partial charge is 0.398 e. The van der Waals surface area contributed by atoms with Crippen molar-refractivity contribution < 1.29 is 0 Å². The van der Waals surface area contributed by atoms with Crippen LogP contribution in [0.15, 0.2) is 36.4 Å². The first-order chi connectivity index (χ1) is 10.3. The molecule has 0 saturated carbocycles. The van der Waals surface area contributed by atoms with Gasteiger partial charge in [-0.3, -0.25) is 0 Å². The first kappa shape index (κ1) is 13.9. The smallest absolute Gasteiger partial charge is 0.129 e. The van der Waals surface area contributed by atoms with Crippen molar-refractivity contribution in [3.05, 3.63) is 53.2 Å². The van der Waals surface area contributed by atoms with E-state index in [0.29, 0.717) is 0 Å². The van der Waals surface area contributed by atoms with Crippen molar-refractivity contribution in [2.24, 2.45) is 0 Å². The number of rotatable bonds is 5. The molecule has 3 rings (SSSR count). The lowest BCUT2D eigenvalue weighted by atomic mass is 10.1. The second kappa shape index (κ2) is 6.17. The van der Waals surface area contributed by atoms with Gasteiger partial charge >= 0.3 is 0 Å². The van der Waals surface area contributed by atoms with E-state index < -0.39 is 0 Å². The fourth-order valence-corrected chi connectivity index (χ4v) is 3.01. The number of nitrogens with zero attached hydrogens (tertiary/aromatic N) is 2. The summed E-state index contributed by atoms with van der Waals surface area (Å²) in [5.74, 6) is 1.08. The summed E-state index contributed by atoms with van der Waals surface area (Å²) >= 11 is 0. The van der Waals surface area contributed by atoms with Gasteiger partial charge in [0.1, 0.15) is 5.82 Å². The highest BCUT2D eigenvalue weighted by molar-refractivity contribution is 5.50. The molecule has 0 bridgehead atoms. The van der Waals surface area contributed by atoms with Crippen LogP contribution >= 0.6 is 0 Å². The van der Waals surface area contributed by atoms with Gasteiger partial charge in [0.2, 0.25) is 0 Å². The van der Waals surface area contributed by atoms with Gasteiger partial charge in [0.25, 0.3) is 0 Å². The third kappa shape index (κ3) is 3.02. The number of nitrogen functional groups attached to an aromatic ring is 1. The van der Waals surface area contributed by atoms with E-state index in [4.69, 9.17) is 10.7 Å². The maximum absolute atomic E-state index is 6.09. The minimum Gasteiger partial charge on any atom is -0.398 e. The van der Waals surface area contributed by atoms with Gasteiger partial charge in [0.05, 0.1) is 0 Å². The molecule has 1 aliphatic carbocycles. The zero-order valence-electron chi connectivity index (χ0n) is 12.7. The van der Waals surface area contributed by atoms with Crippen LogP contribution in [0.1, 0.15) is 36.6 Å². The van der Waals surface area contributed by atoms with Gasteiger partial charge in [-0.15, -0.1) is 0 Å². The maximum atomic E-state index is 6.09. The van der Waals surface area contributed by atoms with Crippen LogP contribution in [0, 0.1) is 0 Å². The minimum absolute atomic E-state index is 0.826. The van der Waals surface area contributed by atoms with Crippen LogP contribution in [0.3, 0.4) is 0 Å². The Kier molecular flexibility index (Phi) is 4.09. The molecule has 0 amide bonds. The standard InChI is InChI=1S/C18H23N3/c1-2-12-21(13-15-6-3-4-8-16(15)19)18-11-10-14-7-5-9-17(14)20-18/h3-4,6,8,10-11H,2,5,7,9,12-13,19H2,1H3. The van der Waals surface area contributed by atoms with E-state index in [2.05, 4.69) is 30.0 Å². The molecule has 3 heteroatoms. The fraction of sp³-hybridized carbons (Fsp3) is 0.389. The molecule has 2 aromatic rings. The number of pyridine rings is 1. The molecular weight excluding hydrogens is 258 g/mol. The van der Waals surface area contributed by atoms with E-state index in [0.717, 1.165) is 37.4 Å². The topological polar surface area (TPSA) is 42.1 Å². The summed E-state index contributed by atoms with van der Waals surface area (Å²) in [5, 5.41) is 0. The van der Waals surface area contributed by atoms with E-state index >= 15 is 0 Å². The van der Waals surface area contributed by atoms with Crippen molar-refractivity contribution in [2.75, 3.05) is 17.2 Å². The Balaban J connectivity index is 1.86. The summed E-state index contributed by atoms with van der Waals surface area (Å²) in [7, 11) is 0.